The summed E-state index contributed by atoms with van der Waals surface area (Å²) < 4.78 is 6.57. The number of hydrogen-bond acceptors (Lipinski definition) is 5. The molecule has 6 heteroatoms. The molecule has 2 aromatic carbocycles. The van der Waals surface area contributed by atoms with Crippen molar-refractivity contribution in [3.63, 3.8) is 0 Å². The third-order valence-electron chi connectivity index (χ3n) is 5.44. The monoisotopic (exact) mass is 397 g/mol. The fraction of sp³-hybridized carbons (Fsp3) is 0.409. The van der Waals surface area contributed by atoms with Crippen molar-refractivity contribution in [3.05, 3.63) is 57.7 Å². The van der Waals surface area contributed by atoms with Gasteiger partial charge in [-0.2, -0.15) is 0 Å². The van der Waals surface area contributed by atoms with Crippen LogP contribution in [0.1, 0.15) is 12.5 Å². The van der Waals surface area contributed by atoms with Crippen LogP contribution >= 0.6 is 11.3 Å². The summed E-state index contributed by atoms with van der Waals surface area (Å²) in [4.78, 5) is 19.4. The van der Waals surface area contributed by atoms with Crippen molar-refractivity contribution in [1.82, 2.24) is 9.88 Å². The van der Waals surface area contributed by atoms with Gasteiger partial charge in [0.2, 0.25) is 0 Å². The van der Waals surface area contributed by atoms with Crippen molar-refractivity contribution in [2.24, 2.45) is 5.92 Å². The van der Waals surface area contributed by atoms with Gasteiger partial charge in [-0.1, -0.05) is 36.5 Å². The molecule has 0 radical (unpaired) electrons. The molecule has 1 saturated heterocycles. The molecule has 28 heavy (non-hydrogen) atoms. The van der Waals surface area contributed by atoms with E-state index in [4.69, 9.17) is 4.74 Å². The number of nitrogens with one attached hydrogen (secondary N) is 1. The highest BCUT2D eigenvalue weighted by Crippen LogP contribution is 2.28. The molecule has 0 amide bonds. The fourth-order valence-electron chi connectivity index (χ4n) is 4.09. The first-order valence-electron chi connectivity index (χ1n) is 9.84. The lowest BCUT2D eigenvalue weighted by molar-refractivity contribution is 0.224. The van der Waals surface area contributed by atoms with Crippen molar-refractivity contribution >= 4 is 27.2 Å². The summed E-state index contributed by atoms with van der Waals surface area (Å²) >= 11 is 1.29. The maximum atomic E-state index is 11.5. The van der Waals surface area contributed by atoms with Crippen LogP contribution in [-0.2, 0) is 6.42 Å². The number of anilines is 1. The lowest BCUT2D eigenvalue weighted by Gasteiger charge is -2.37. The van der Waals surface area contributed by atoms with Crippen LogP contribution in [0.25, 0.3) is 10.2 Å². The van der Waals surface area contributed by atoms with Crippen molar-refractivity contribution < 1.29 is 4.74 Å². The van der Waals surface area contributed by atoms with E-state index in [1.54, 1.807) is 7.11 Å². The maximum Gasteiger partial charge on any atom is 0.305 e. The molecule has 1 fully saturated rings. The molecule has 3 aromatic rings. The van der Waals surface area contributed by atoms with Crippen LogP contribution in [0.3, 0.4) is 0 Å². The molecule has 1 atom stereocenters. The van der Waals surface area contributed by atoms with Crippen molar-refractivity contribution in [1.29, 1.82) is 0 Å². The molecular formula is C22H27N3O2S. The van der Waals surface area contributed by atoms with E-state index in [0.717, 1.165) is 55.1 Å². The highest BCUT2D eigenvalue weighted by Gasteiger charge is 2.20. The number of nitrogens with zero attached hydrogens (tertiary/aromatic N) is 2. The van der Waals surface area contributed by atoms with Crippen LogP contribution in [-0.4, -0.2) is 49.7 Å². The Hall–Kier alpha value is -2.31. The highest BCUT2D eigenvalue weighted by molar-refractivity contribution is 7.16. The fourth-order valence-corrected chi connectivity index (χ4v) is 4.89. The third kappa shape index (κ3) is 4.23. The van der Waals surface area contributed by atoms with Crippen molar-refractivity contribution in [2.75, 3.05) is 44.7 Å². The SMILES string of the molecule is COc1ccccc1N1CCN(CC(C)Cc2ccc3[nH]c(=O)sc3c2)CC1. The minimum absolute atomic E-state index is 0.0214. The lowest BCUT2D eigenvalue weighted by Crippen LogP contribution is -2.47. The van der Waals surface area contributed by atoms with Gasteiger partial charge in [-0.15, -0.1) is 0 Å². The minimum atomic E-state index is 0.0214. The summed E-state index contributed by atoms with van der Waals surface area (Å²) in [7, 11) is 1.74. The molecule has 0 saturated carbocycles. The second-order valence-corrected chi connectivity index (χ2v) is 8.63. The molecule has 0 spiro atoms. The van der Waals surface area contributed by atoms with Gasteiger partial charge in [0.1, 0.15) is 5.75 Å². The largest absolute Gasteiger partial charge is 0.495 e. The van der Waals surface area contributed by atoms with Gasteiger partial charge >= 0.3 is 4.87 Å². The average molecular weight is 398 g/mol. The molecule has 1 aliphatic rings. The number of aromatic amines is 1. The zero-order chi connectivity index (χ0) is 19.5. The summed E-state index contributed by atoms with van der Waals surface area (Å²) in [5.41, 5.74) is 3.44. The first kappa shape index (κ1) is 19.0. The first-order chi connectivity index (χ1) is 13.6. The Morgan fingerprint density at radius 3 is 2.71 bits per heavy atom. The van der Waals surface area contributed by atoms with Crippen LogP contribution in [0.15, 0.2) is 47.3 Å². The van der Waals surface area contributed by atoms with Gasteiger partial charge in [0.15, 0.2) is 0 Å². The Balaban J connectivity index is 1.32. The molecule has 1 aliphatic heterocycles. The summed E-state index contributed by atoms with van der Waals surface area (Å²) in [5.74, 6) is 1.53. The number of methoxy groups -OCH3 is 1. The predicted octanol–water partition coefficient (Wildman–Crippen LogP) is 3.60. The number of fused-ring (bicyclic) bond motifs is 1. The second-order valence-electron chi connectivity index (χ2n) is 7.61. The van der Waals surface area contributed by atoms with E-state index in [1.165, 1.54) is 22.6 Å². The van der Waals surface area contributed by atoms with E-state index in [2.05, 4.69) is 46.0 Å². The number of aromatic nitrogens is 1. The summed E-state index contributed by atoms with van der Waals surface area (Å²) in [6, 6.07) is 14.6. The molecule has 148 valence electrons. The Kier molecular flexibility index (Phi) is 5.69. The normalized spacial score (nSPS) is 16.4. The van der Waals surface area contributed by atoms with Crippen LogP contribution in [0.5, 0.6) is 5.75 Å². The standard InChI is InChI=1S/C22H27N3O2S/c1-16(13-17-7-8-18-21(14-17)28-22(26)23-18)15-24-9-11-25(12-10-24)19-5-3-4-6-20(19)27-2/h3-8,14,16H,9-13,15H2,1-2H3,(H,23,26). The van der Waals surface area contributed by atoms with E-state index < -0.39 is 0 Å². The molecule has 0 aliphatic carbocycles. The van der Waals surface area contributed by atoms with Gasteiger partial charge in [0.25, 0.3) is 0 Å². The van der Waals surface area contributed by atoms with E-state index >= 15 is 0 Å². The summed E-state index contributed by atoms with van der Waals surface area (Å²) in [6.07, 6.45) is 1.04. The molecule has 5 nitrogen and oxygen atoms in total. The number of benzene rings is 2. The molecule has 1 N–H and O–H groups in total. The smallest absolute Gasteiger partial charge is 0.305 e. The van der Waals surface area contributed by atoms with Crippen LogP contribution < -0.4 is 14.5 Å². The van der Waals surface area contributed by atoms with E-state index in [-0.39, 0.29) is 4.87 Å². The maximum absolute atomic E-state index is 11.5. The van der Waals surface area contributed by atoms with Crippen LogP contribution in [0.4, 0.5) is 5.69 Å². The molecule has 2 heterocycles. The van der Waals surface area contributed by atoms with Crippen LogP contribution in [0.2, 0.25) is 0 Å². The number of ether oxygens (including phenoxy) is 1. The average Bonchev–Trinajstić information content (AvgIpc) is 3.08. The Morgan fingerprint density at radius 2 is 1.93 bits per heavy atom. The Labute approximate surface area is 169 Å². The minimum Gasteiger partial charge on any atom is -0.495 e. The number of rotatable bonds is 6. The zero-order valence-electron chi connectivity index (χ0n) is 16.5. The van der Waals surface area contributed by atoms with E-state index in [9.17, 15) is 4.79 Å². The van der Waals surface area contributed by atoms with E-state index in [1.807, 2.05) is 18.2 Å². The van der Waals surface area contributed by atoms with Gasteiger partial charge in [-0.25, -0.2) is 0 Å². The molecule has 4 rings (SSSR count). The number of piperazine rings is 1. The van der Waals surface area contributed by atoms with Gasteiger partial charge in [-0.3, -0.25) is 9.69 Å². The quantitative estimate of drug-likeness (QED) is 0.690. The molecule has 1 unspecified atom stereocenters. The van der Waals surface area contributed by atoms with Gasteiger partial charge < -0.3 is 14.6 Å². The Bertz CT molecular complexity index is 989. The van der Waals surface area contributed by atoms with E-state index in [0.29, 0.717) is 5.92 Å². The van der Waals surface area contributed by atoms with Crippen molar-refractivity contribution in [2.45, 2.75) is 13.3 Å². The van der Waals surface area contributed by atoms with Crippen molar-refractivity contribution in [3.8, 4) is 5.75 Å². The molecule has 0 bridgehead atoms. The predicted molar refractivity (Wildman–Crippen MR) is 117 cm³/mol. The summed E-state index contributed by atoms with van der Waals surface area (Å²) in [5, 5.41) is 0. The number of H-pyrrole nitrogens is 1. The summed E-state index contributed by atoms with van der Waals surface area (Å²) in [6.45, 7) is 7.60. The van der Waals surface area contributed by atoms with Gasteiger partial charge in [0, 0.05) is 32.7 Å². The number of hydrogen-bond donors (Lipinski definition) is 1. The zero-order valence-corrected chi connectivity index (χ0v) is 17.3. The highest BCUT2D eigenvalue weighted by atomic mass is 32.1. The van der Waals surface area contributed by atoms with Crippen LogP contribution in [0, 0.1) is 5.92 Å². The number of para-hydroxylation sites is 2. The Morgan fingerprint density at radius 1 is 1.14 bits per heavy atom. The number of thiazole rings is 1. The lowest BCUT2D eigenvalue weighted by atomic mass is 10.00. The third-order valence-corrected chi connectivity index (χ3v) is 6.28. The van der Waals surface area contributed by atoms with Gasteiger partial charge in [0.05, 0.1) is 23.0 Å². The first-order valence-corrected chi connectivity index (χ1v) is 10.7. The second kappa shape index (κ2) is 8.37. The molecule has 1 aromatic heterocycles. The molecular weight excluding hydrogens is 370 g/mol. The topological polar surface area (TPSA) is 48.6 Å². The van der Waals surface area contributed by atoms with Gasteiger partial charge in [-0.05, 0) is 42.2 Å².